The minimum absolute atomic E-state index is 1.24. The normalized spacial score (nSPS) is 11.7. The van der Waals surface area contributed by atoms with Crippen LogP contribution in [0.4, 0.5) is 0 Å². The van der Waals surface area contributed by atoms with E-state index in [9.17, 15) is 0 Å². The Balaban J connectivity index is 1.24. The molecule has 38 heavy (non-hydrogen) atoms. The Labute approximate surface area is 222 Å². The highest BCUT2D eigenvalue weighted by Gasteiger charge is 2.21. The fraction of sp³-hybridized carbons (Fsp3) is 0. The molecule has 0 bridgehead atoms. The monoisotopic (exact) mass is 480 g/mol. The highest BCUT2D eigenvalue weighted by molar-refractivity contribution is 6.16. The molecular formula is C38H24. The molecule has 0 N–H and O–H groups in total. The summed E-state index contributed by atoms with van der Waals surface area (Å²) < 4.78 is 0. The standard InChI is InChI=1S/C38H24/c1-2-9-25(10-3-1)32-12-4-5-13-33(32)29-20-19-26-21-28(18-17-27(26)22-29)31-23-30-11-8-16-36-34-14-6-7-15-35(34)37(24-31)38(30)36/h1-24H. The van der Waals surface area contributed by atoms with Crippen molar-refractivity contribution in [2.24, 2.45) is 0 Å². The Hall–Kier alpha value is -4.94. The van der Waals surface area contributed by atoms with E-state index in [1.54, 1.807) is 0 Å². The van der Waals surface area contributed by atoms with E-state index in [1.807, 2.05) is 0 Å². The summed E-state index contributed by atoms with van der Waals surface area (Å²) in [4.78, 5) is 0. The van der Waals surface area contributed by atoms with Crippen molar-refractivity contribution in [2.75, 3.05) is 0 Å². The predicted molar refractivity (Wildman–Crippen MR) is 162 cm³/mol. The molecule has 0 saturated heterocycles. The van der Waals surface area contributed by atoms with Gasteiger partial charge < -0.3 is 0 Å². The first-order chi connectivity index (χ1) is 18.8. The molecule has 0 saturated carbocycles. The summed E-state index contributed by atoms with van der Waals surface area (Å²) in [6.45, 7) is 0. The highest BCUT2D eigenvalue weighted by Crippen LogP contribution is 2.48. The molecule has 0 aromatic heterocycles. The van der Waals surface area contributed by atoms with Crippen molar-refractivity contribution >= 4 is 21.5 Å². The van der Waals surface area contributed by atoms with Crippen molar-refractivity contribution in [1.82, 2.24) is 0 Å². The molecule has 1 aliphatic carbocycles. The van der Waals surface area contributed by atoms with Crippen LogP contribution in [0, 0.1) is 0 Å². The van der Waals surface area contributed by atoms with Crippen LogP contribution in [0.25, 0.3) is 77.2 Å². The van der Waals surface area contributed by atoms with Gasteiger partial charge in [0.1, 0.15) is 0 Å². The molecule has 0 radical (unpaired) electrons. The molecule has 0 amide bonds. The molecule has 0 heteroatoms. The molecular weight excluding hydrogens is 456 g/mol. The fourth-order valence-corrected chi connectivity index (χ4v) is 6.18. The Bertz CT molecular complexity index is 2010. The van der Waals surface area contributed by atoms with E-state index < -0.39 is 0 Å². The first kappa shape index (κ1) is 21.2. The Kier molecular flexibility index (Phi) is 4.62. The zero-order valence-electron chi connectivity index (χ0n) is 20.9. The van der Waals surface area contributed by atoms with E-state index in [0.717, 1.165) is 0 Å². The fourth-order valence-electron chi connectivity index (χ4n) is 6.18. The van der Waals surface area contributed by atoms with Gasteiger partial charge in [0.05, 0.1) is 0 Å². The van der Waals surface area contributed by atoms with Crippen molar-refractivity contribution in [2.45, 2.75) is 0 Å². The van der Waals surface area contributed by atoms with Crippen LogP contribution >= 0.6 is 0 Å². The maximum absolute atomic E-state index is 2.38. The van der Waals surface area contributed by atoms with Gasteiger partial charge in [0, 0.05) is 0 Å². The van der Waals surface area contributed by atoms with Gasteiger partial charge in [-0.1, -0.05) is 121 Å². The molecule has 8 rings (SSSR count). The van der Waals surface area contributed by atoms with Crippen LogP contribution in [0.5, 0.6) is 0 Å². The highest BCUT2D eigenvalue weighted by atomic mass is 14.2. The van der Waals surface area contributed by atoms with Gasteiger partial charge in [-0.05, 0) is 101 Å². The van der Waals surface area contributed by atoms with Crippen LogP contribution in [0.2, 0.25) is 0 Å². The van der Waals surface area contributed by atoms with Gasteiger partial charge >= 0.3 is 0 Å². The molecule has 0 aliphatic heterocycles. The van der Waals surface area contributed by atoms with E-state index in [2.05, 4.69) is 146 Å². The van der Waals surface area contributed by atoms with Gasteiger partial charge in [-0.25, -0.2) is 0 Å². The molecule has 176 valence electrons. The van der Waals surface area contributed by atoms with Crippen molar-refractivity contribution in [3.63, 3.8) is 0 Å². The molecule has 0 nitrogen and oxygen atoms in total. The largest absolute Gasteiger partial charge is 0.0622 e. The zero-order valence-corrected chi connectivity index (χ0v) is 20.9. The van der Waals surface area contributed by atoms with Crippen LogP contribution < -0.4 is 0 Å². The summed E-state index contributed by atoms with van der Waals surface area (Å²) in [5, 5.41) is 5.19. The average molecular weight is 481 g/mol. The number of hydrogen-bond donors (Lipinski definition) is 0. The lowest BCUT2D eigenvalue weighted by molar-refractivity contribution is 1.59. The van der Waals surface area contributed by atoms with E-state index in [4.69, 9.17) is 0 Å². The third-order valence-electron chi connectivity index (χ3n) is 7.98. The summed E-state index contributed by atoms with van der Waals surface area (Å²) >= 11 is 0. The van der Waals surface area contributed by atoms with Gasteiger partial charge in [0.15, 0.2) is 0 Å². The van der Waals surface area contributed by atoms with Gasteiger partial charge in [-0.2, -0.15) is 0 Å². The lowest BCUT2D eigenvalue weighted by atomic mass is 9.92. The number of hydrogen-bond acceptors (Lipinski definition) is 0. The van der Waals surface area contributed by atoms with Crippen molar-refractivity contribution in [3.8, 4) is 55.6 Å². The predicted octanol–water partition coefficient (Wildman–Crippen LogP) is 10.6. The van der Waals surface area contributed by atoms with E-state index in [1.165, 1.54) is 77.2 Å². The van der Waals surface area contributed by atoms with Crippen LogP contribution in [0.3, 0.4) is 0 Å². The SMILES string of the molecule is c1ccc(-c2ccccc2-c2ccc3cc(-c4cc5c6c(cccc6c4)-c4ccccc4-5)ccc3c2)cc1. The number of benzene rings is 7. The van der Waals surface area contributed by atoms with Crippen molar-refractivity contribution in [3.05, 3.63) is 146 Å². The van der Waals surface area contributed by atoms with E-state index in [0.29, 0.717) is 0 Å². The van der Waals surface area contributed by atoms with Gasteiger partial charge in [-0.3, -0.25) is 0 Å². The summed E-state index contributed by atoms with van der Waals surface area (Å²) in [6, 6.07) is 53.2. The zero-order chi connectivity index (χ0) is 25.1. The lowest BCUT2D eigenvalue weighted by Gasteiger charge is -2.12. The van der Waals surface area contributed by atoms with Crippen LogP contribution in [-0.4, -0.2) is 0 Å². The smallest absolute Gasteiger partial charge is 0.00259 e. The van der Waals surface area contributed by atoms with E-state index >= 15 is 0 Å². The lowest BCUT2D eigenvalue weighted by Crippen LogP contribution is -1.86. The van der Waals surface area contributed by atoms with Gasteiger partial charge in [-0.15, -0.1) is 0 Å². The molecule has 0 unspecified atom stereocenters. The quantitative estimate of drug-likeness (QED) is 0.236. The van der Waals surface area contributed by atoms with Gasteiger partial charge in [0.25, 0.3) is 0 Å². The Morgan fingerprint density at radius 2 is 0.789 bits per heavy atom. The van der Waals surface area contributed by atoms with Crippen LogP contribution in [-0.2, 0) is 0 Å². The Morgan fingerprint density at radius 1 is 0.237 bits per heavy atom. The van der Waals surface area contributed by atoms with Crippen molar-refractivity contribution in [1.29, 1.82) is 0 Å². The summed E-state index contributed by atoms with van der Waals surface area (Å²) in [7, 11) is 0. The summed E-state index contributed by atoms with van der Waals surface area (Å²) in [5.41, 5.74) is 12.9. The number of fused-ring (bicyclic) bond motifs is 4. The average Bonchev–Trinajstić information content (AvgIpc) is 3.32. The molecule has 0 fully saturated rings. The van der Waals surface area contributed by atoms with Crippen LogP contribution in [0.15, 0.2) is 146 Å². The second-order valence-electron chi connectivity index (χ2n) is 10.2. The molecule has 0 heterocycles. The second-order valence-corrected chi connectivity index (χ2v) is 10.2. The number of rotatable bonds is 3. The van der Waals surface area contributed by atoms with Crippen LogP contribution in [0.1, 0.15) is 0 Å². The molecule has 1 aliphatic rings. The topological polar surface area (TPSA) is 0 Å². The summed E-state index contributed by atoms with van der Waals surface area (Å²) in [6.07, 6.45) is 0. The Morgan fingerprint density at radius 3 is 1.55 bits per heavy atom. The first-order valence-corrected chi connectivity index (χ1v) is 13.2. The van der Waals surface area contributed by atoms with Gasteiger partial charge in [0.2, 0.25) is 0 Å². The second kappa shape index (κ2) is 8.30. The maximum atomic E-state index is 2.38. The molecule has 7 aromatic rings. The summed E-state index contributed by atoms with van der Waals surface area (Å²) in [5.74, 6) is 0. The minimum atomic E-state index is 1.24. The minimum Gasteiger partial charge on any atom is -0.0622 e. The molecule has 7 aromatic carbocycles. The third-order valence-corrected chi connectivity index (χ3v) is 7.98. The molecule has 0 atom stereocenters. The van der Waals surface area contributed by atoms with Crippen molar-refractivity contribution < 1.29 is 0 Å². The first-order valence-electron chi connectivity index (χ1n) is 13.2. The third kappa shape index (κ3) is 3.24. The maximum Gasteiger partial charge on any atom is -0.00259 e. The molecule has 0 spiro atoms. The van der Waals surface area contributed by atoms with E-state index in [-0.39, 0.29) is 0 Å².